The lowest BCUT2D eigenvalue weighted by Crippen LogP contribution is -2.17. The van der Waals surface area contributed by atoms with Gasteiger partial charge in [-0.05, 0) is 18.2 Å². The smallest absolute Gasteiger partial charge is 0.256 e. The normalized spacial score (nSPS) is 10.7. The van der Waals surface area contributed by atoms with E-state index in [0.717, 1.165) is 18.2 Å². The number of phenolic OH excluding ortho intramolecular Hbond substituents is 1. The van der Waals surface area contributed by atoms with E-state index in [0.29, 0.717) is 11.5 Å². The van der Waals surface area contributed by atoms with Gasteiger partial charge in [0.25, 0.3) is 5.91 Å². The number of nitrogens with one attached hydrogen (secondary N) is 2. The first-order valence-corrected chi connectivity index (χ1v) is 6.56. The molecular weight excluding hydrogens is 306 g/mol. The Labute approximate surface area is 128 Å². The summed E-state index contributed by atoms with van der Waals surface area (Å²) in [4.78, 5) is 26.4. The maximum atomic E-state index is 13.2. The minimum absolute atomic E-state index is 0.0238. The predicted octanol–water partition coefficient (Wildman–Crippen LogP) is 2.76. The molecule has 1 amide bonds. The van der Waals surface area contributed by atoms with Gasteiger partial charge in [0.1, 0.15) is 17.4 Å². The molecule has 0 saturated carbocycles. The van der Waals surface area contributed by atoms with Crippen LogP contribution in [0.15, 0.2) is 47.3 Å². The van der Waals surface area contributed by atoms with Crippen LogP contribution in [0.2, 0.25) is 0 Å². The number of rotatable bonds is 2. The van der Waals surface area contributed by atoms with E-state index < -0.39 is 23.1 Å². The van der Waals surface area contributed by atoms with Crippen molar-refractivity contribution in [1.29, 1.82) is 0 Å². The molecule has 23 heavy (non-hydrogen) atoms. The summed E-state index contributed by atoms with van der Waals surface area (Å²) < 4.78 is 26.3. The summed E-state index contributed by atoms with van der Waals surface area (Å²) in [5.41, 5.74) is -0.587. The highest BCUT2D eigenvalue weighted by Crippen LogP contribution is 2.24. The van der Waals surface area contributed by atoms with Gasteiger partial charge in [-0.1, -0.05) is 12.1 Å². The number of amides is 1. The molecule has 2 aromatic carbocycles. The highest BCUT2D eigenvalue weighted by Gasteiger charge is 2.14. The van der Waals surface area contributed by atoms with Crippen molar-refractivity contribution in [2.45, 2.75) is 0 Å². The minimum atomic E-state index is -0.839. The Morgan fingerprint density at radius 1 is 1.09 bits per heavy atom. The van der Waals surface area contributed by atoms with E-state index in [1.54, 1.807) is 0 Å². The van der Waals surface area contributed by atoms with Crippen LogP contribution in [-0.4, -0.2) is 16.0 Å². The Kier molecular flexibility index (Phi) is 3.53. The number of anilines is 1. The van der Waals surface area contributed by atoms with Crippen LogP contribution >= 0.6 is 0 Å². The van der Waals surface area contributed by atoms with E-state index in [9.17, 15) is 23.5 Å². The molecule has 3 aromatic rings. The molecule has 0 fully saturated rings. The van der Waals surface area contributed by atoms with Gasteiger partial charge < -0.3 is 15.4 Å². The van der Waals surface area contributed by atoms with Crippen LogP contribution in [0, 0.1) is 11.6 Å². The molecule has 0 bridgehead atoms. The van der Waals surface area contributed by atoms with Crippen molar-refractivity contribution in [3.63, 3.8) is 0 Å². The summed E-state index contributed by atoms with van der Waals surface area (Å²) in [5, 5.41) is 12.4. The number of pyridine rings is 1. The first-order valence-electron chi connectivity index (χ1n) is 6.56. The minimum Gasteiger partial charge on any atom is -0.506 e. The summed E-state index contributed by atoms with van der Waals surface area (Å²) in [6.45, 7) is 0. The number of H-pyrrole nitrogens is 1. The lowest BCUT2D eigenvalue weighted by molar-refractivity contribution is 0.102. The number of carbonyl (C=O) groups excluding carboxylic acids is 1. The number of carbonyl (C=O) groups is 1. The third-order valence-corrected chi connectivity index (χ3v) is 3.22. The van der Waals surface area contributed by atoms with Crippen LogP contribution in [0.25, 0.3) is 10.9 Å². The van der Waals surface area contributed by atoms with Crippen LogP contribution in [0.1, 0.15) is 10.4 Å². The zero-order valence-corrected chi connectivity index (χ0v) is 11.6. The molecule has 1 heterocycles. The summed E-state index contributed by atoms with van der Waals surface area (Å²) in [7, 11) is 0. The second-order valence-electron chi connectivity index (χ2n) is 4.86. The van der Waals surface area contributed by atoms with E-state index in [1.165, 1.54) is 18.2 Å². The van der Waals surface area contributed by atoms with Crippen molar-refractivity contribution in [2.24, 2.45) is 0 Å². The number of benzene rings is 2. The number of para-hydroxylation sites is 1. The van der Waals surface area contributed by atoms with Crippen LogP contribution in [0.4, 0.5) is 14.5 Å². The zero-order chi connectivity index (χ0) is 16.6. The molecule has 0 aliphatic carbocycles. The fourth-order valence-electron chi connectivity index (χ4n) is 2.28. The van der Waals surface area contributed by atoms with Crippen molar-refractivity contribution in [2.75, 3.05) is 5.32 Å². The summed E-state index contributed by atoms with van der Waals surface area (Å²) >= 11 is 0. The van der Waals surface area contributed by atoms with E-state index >= 15 is 0 Å². The first kappa shape index (κ1) is 14.7. The van der Waals surface area contributed by atoms with Crippen LogP contribution < -0.4 is 10.9 Å². The molecule has 0 aliphatic rings. The molecule has 3 rings (SSSR count). The molecule has 0 spiro atoms. The van der Waals surface area contributed by atoms with Gasteiger partial charge in [-0.25, -0.2) is 8.78 Å². The molecule has 1 aromatic heterocycles. The summed E-state index contributed by atoms with van der Waals surface area (Å²) in [5.74, 6) is -2.59. The number of aromatic amines is 1. The fraction of sp³-hybridized carbons (Fsp3) is 0. The number of aromatic hydroxyl groups is 1. The first-order chi connectivity index (χ1) is 10.9. The topological polar surface area (TPSA) is 82.2 Å². The molecule has 0 aliphatic heterocycles. The van der Waals surface area contributed by atoms with Gasteiger partial charge in [-0.15, -0.1) is 0 Å². The molecule has 7 heteroatoms. The van der Waals surface area contributed by atoms with Crippen molar-refractivity contribution < 1.29 is 18.7 Å². The van der Waals surface area contributed by atoms with E-state index in [1.807, 2.05) is 0 Å². The van der Waals surface area contributed by atoms with Gasteiger partial charge in [-0.3, -0.25) is 9.59 Å². The molecule has 0 unspecified atom stereocenters. The Balaban J connectivity index is 2.07. The van der Waals surface area contributed by atoms with Gasteiger partial charge in [0.05, 0.1) is 11.1 Å². The Hall–Kier alpha value is -3.22. The monoisotopic (exact) mass is 316 g/mol. The largest absolute Gasteiger partial charge is 0.506 e. The van der Waals surface area contributed by atoms with Gasteiger partial charge in [0.2, 0.25) is 5.56 Å². The second-order valence-corrected chi connectivity index (χ2v) is 4.86. The zero-order valence-electron chi connectivity index (χ0n) is 11.6. The number of hydrogen-bond acceptors (Lipinski definition) is 3. The van der Waals surface area contributed by atoms with Gasteiger partial charge >= 0.3 is 0 Å². The quantitative estimate of drug-likeness (QED) is 0.680. The molecule has 0 radical (unpaired) electrons. The predicted molar refractivity (Wildman–Crippen MR) is 80.5 cm³/mol. The van der Waals surface area contributed by atoms with Gasteiger partial charge in [0, 0.05) is 23.2 Å². The van der Waals surface area contributed by atoms with Crippen molar-refractivity contribution in [3.05, 3.63) is 70.0 Å². The highest BCUT2D eigenvalue weighted by molar-refractivity contribution is 6.12. The average molecular weight is 316 g/mol. The Bertz CT molecular complexity index is 962. The van der Waals surface area contributed by atoms with Gasteiger partial charge in [-0.2, -0.15) is 0 Å². The summed E-state index contributed by atoms with van der Waals surface area (Å²) in [6.07, 6.45) is 0. The molecule has 3 N–H and O–H groups in total. The Morgan fingerprint density at radius 2 is 1.78 bits per heavy atom. The Morgan fingerprint density at radius 3 is 2.48 bits per heavy atom. The highest BCUT2D eigenvalue weighted by atomic mass is 19.1. The number of fused-ring (bicyclic) bond motifs is 1. The second kappa shape index (κ2) is 5.53. The van der Waals surface area contributed by atoms with Crippen molar-refractivity contribution >= 4 is 22.5 Å². The molecule has 0 saturated heterocycles. The standard InChI is InChI=1S/C16H10F2N2O3/c17-8-4-9(18)6-10(5-8)19-16(23)12-7-14(22)20-15-11(12)2-1-3-13(15)21/h1-7,21H,(H,19,23)(H,20,22). The van der Waals surface area contributed by atoms with Crippen LogP contribution in [-0.2, 0) is 0 Å². The van der Waals surface area contributed by atoms with E-state index in [-0.39, 0.29) is 22.5 Å². The number of aromatic nitrogens is 1. The molecule has 0 atom stereocenters. The van der Waals surface area contributed by atoms with E-state index in [4.69, 9.17) is 0 Å². The third-order valence-electron chi connectivity index (χ3n) is 3.22. The van der Waals surface area contributed by atoms with Crippen LogP contribution in [0.5, 0.6) is 5.75 Å². The average Bonchev–Trinajstić information content (AvgIpc) is 2.46. The summed E-state index contributed by atoms with van der Waals surface area (Å²) in [6, 6.07) is 8.04. The van der Waals surface area contributed by atoms with Crippen molar-refractivity contribution in [1.82, 2.24) is 4.98 Å². The third kappa shape index (κ3) is 2.89. The number of halogens is 2. The maximum absolute atomic E-state index is 13.2. The van der Waals surface area contributed by atoms with Gasteiger partial charge in [0.15, 0.2) is 0 Å². The lowest BCUT2D eigenvalue weighted by atomic mass is 10.1. The van der Waals surface area contributed by atoms with Crippen LogP contribution in [0.3, 0.4) is 0 Å². The maximum Gasteiger partial charge on any atom is 0.256 e. The lowest BCUT2D eigenvalue weighted by Gasteiger charge is -2.09. The number of phenols is 1. The number of hydrogen-bond donors (Lipinski definition) is 3. The fourth-order valence-corrected chi connectivity index (χ4v) is 2.28. The molecular formula is C16H10F2N2O3. The SMILES string of the molecule is O=C(Nc1cc(F)cc(F)c1)c1cc(=O)[nH]c2c(O)cccc12. The molecule has 116 valence electrons. The van der Waals surface area contributed by atoms with E-state index in [2.05, 4.69) is 10.3 Å². The van der Waals surface area contributed by atoms with Crippen molar-refractivity contribution in [3.8, 4) is 5.75 Å². The molecule has 5 nitrogen and oxygen atoms in total.